The molecule has 0 saturated heterocycles. The molecule has 5 rings (SSSR count). The molecule has 0 aromatic heterocycles. The Balaban J connectivity index is 1.59. The molecule has 0 fully saturated rings. The van der Waals surface area contributed by atoms with Crippen LogP contribution in [0.25, 0.3) is 0 Å². The van der Waals surface area contributed by atoms with Gasteiger partial charge in [0.2, 0.25) is 6.23 Å². The van der Waals surface area contributed by atoms with Gasteiger partial charge in [-0.2, -0.15) is 5.10 Å². The van der Waals surface area contributed by atoms with Gasteiger partial charge in [-0.25, -0.2) is 5.01 Å². The third-order valence-corrected chi connectivity index (χ3v) is 5.49. The lowest BCUT2D eigenvalue weighted by atomic mass is 9.96. The number of hydrogen-bond donors (Lipinski definition) is 0. The number of rotatable bonds is 2. The monoisotopic (exact) mass is 404 g/mol. The number of ether oxygens (including phenoxy) is 1. The molecule has 128 valence electrons. The van der Waals surface area contributed by atoms with Crippen molar-refractivity contribution in [2.24, 2.45) is 5.10 Å². The van der Waals surface area contributed by atoms with Gasteiger partial charge in [-0.1, -0.05) is 76.6 Å². The summed E-state index contributed by atoms with van der Waals surface area (Å²) in [7, 11) is 0. The molecule has 0 saturated carbocycles. The van der Waals surface area contributed by atoms with Crippen molar-refractivity contribution in [2.75, 3.05) is 0 Å². The molecule has 0 spiro atoms. The quantitative estimate of drug-likeness (QED) is 0.547. The van der Waals surface area contributed by atoms with Gasteiger partial charge in [0.05, 0.1) is 11.8 Å². The molecule has 0 bridgehead atoms. The van der Waals surface area contributed by atoms with Crippen LogP contribution >= 0.6 is 15.9 Å². The zero-order chi connectivity index (χ0) is 17.5. The normalized spacial score (nSPS) is 20.8. The minimum atomic E-state index is -0.205. The molecule has 0 amide bonds. The average molecular weight is 405 g/mol. The first-order valence-electron chi connectivity index (χ1n) is 8.72. The number of halogens is 1. The van der Waals surface area contributed by atoms with Crippen molar-refractivity contribution in [2.45, 2.75) is 18.7 Å². The van der Waals surface area contributed by atoms with Gasteiger partial charge in [0, 0.05) is 22.0 Å². The van der Waals surface area contributed by atoms with Gasteiger partial charge in [0.15, 0.2) is 0 Å². The predicted molar refractivity (Wildman–Crippen MR) is 106 cm³/mol. The van der Waals surface area contributed by atoms with Crippen molar-refractivity contribution < 1.29 is 4.74 Å². The molecular formula is C22H17BrN2O. The summed E-state index contributed by atoms with van der Waals surface area (Å²) in [6, 6.07) is 27.2. The van der Waals surface area contributed by atoms with Crippen LogP contribution in [0.3, 0.4) is 0 Å². The van der Waals surface area contributed by atoms with Crippen molar-refractivity contribution >= 4 is 21.6 Å². The van der Waals surface area contributed by atoms with Crippen LogP contribution in [-0.4, -0.2) is 10.7 Å². The maximum absolute atomic E-state index is 6.35. The zero-order valence-electron chi connectivity index (χ0n) is 14.0. The fourth-order valence-corrected chi connectivity index (χ4v) is 3.95. The second kappa shape index (κ2) is 6.29. The molecule has 4 heteroatoms. The maximum atomic E-state index is 6.35. The average Bonchev–Trinajstić information content (AvgIpc) is 3.14. The molecular weight excluding hydrogens is 388 g/mol. The van der Waals surface area contributed by atoms with E-state index in [1.54, 1.807) is 0 Å². The molecule has 2 heterocycles. The van der Waals surface area contributed by atoms with Crippen LogP contribution in [-0.2, 0) is 0 Å². The van der Waals surface area contributed by atoms with Crippen LogP contribution in [0.1, 0.15) is 35.4 Å². The van der Waals surface area contributed by atoms with E-state index >= 15 is 0 Å². The topological polar surface area (TPSA) is 24.8 Å². The highest BCUT2D eigenvalue weighted by atomic mass is 79.9. The summed E-state index contributed by atoms with van der Waals surface area (Å²) in [6.07, 6.45) is 0.676. The van der Waals surface area contributed by atoms with E-state index in [1.165, 1.54) is 5.56 Å². The predicted octanol–water partition coefficient (Wildman–Crippen LogP) is 5.69. The number of hydrogen-bond acceptors (Lipinski definition) is 3. The summed E-state index contributed by atoms with van der Waals surface area (Å²) in [5.41, 5.74) is 4.58. The molecule has 3 aromatic carbocycles. The van der Waals surface area contributed by atoms with Crippen molar-refractivity contribution in [1.29, 1.82) is 0 Å². The lowest BCUT2D eigenvalue weighted by molar-refractivity contribution is -0.0190. The Morgan fingerprint density at radius 2 is 1.62 bits per heavy atom. The Bertz CT molecular complexity index is 969. The second-order valence-electron chi connectivity index (χ2n) is 6.57. The molecule has 0 radical (unpaired) electrons. The van der Waals surface area contributed by atoms with Gasteiger partial charge in [-0.05, 0) is 23.8 Å². The molecule has 2 aliphatic heterocycles. The minimum absolute atomic E-state index is 0.198. The Hall–Kier alpha value is -2.59. The second-order valence-corrected chi connectivity index (χ2v) is 7.49. The summed E-state index contributed by atoms with van der Waals surface area (Å²) < 4.78 is 7.42. The van der Waals surface area contributed by atoms with E-state index < -0.39 is 0 Å². The van der Waals surface area contributed by atoms with Gasteiger partial charge in [0.25, 0.3) is 0 Å². The zero-order valence-corrected chi connectivity index (χ0v) is 15.6. The van der Waals surface area contributed by atoms with E-state index in [-0.39, 0.29) is 12.3 Å². The summed E-state index contributed by atoms with van der Waals surface area (Å²) in [5.74, 6) is 0.954. The Morgan fingerprint density at radius 1 is 0.885 bits per heavy atom. The van der Waals surface area contributed by atoms with E-state index in [9.17, 15) is 0 Å². The number of hydrazone groups is 1. The smallest absolute Gasteiger partial charge is 0.213 e. The van der Waals surface area contributed by atoms with Crippen LogP contribution in [0.5, 0.6) is 5.75 Å². The van der Waals surface area contributed by atoms with Crippen molar-refractivity contribution in [3.05, 3.63) is 100 Å². The summed E-state index contributed by atoms with van der Waals surface area (Å²) in [4.78, 5) is 0. The SMILES string of the molecule is Brc1ccc(C2=NN3[C@H](C2)c2ccccc2O[C@@H]3c2ccccc2)cc1. The molecule has 0 N–H and O–H groups in total. The molecule has 26 heavy (non-hydrogen) atoms. The van der Waals surface area contributed by atoms with Crippen molar-refractivity contribution in [1.82, 2.24) is 5.01 Å². The number of benzene rings is 3. The van der Waals surface area contributed by atoms with Gasteiger partial charge in [-0.15, -0.1) is 0 Å². The first kappa shape index (κ1) is 15.6. The largest absolute Gasteiger partial charge is 0.464 e. The minimum Gasteiger partial charge on any atom is -0.464 e. The first-order chi connectivity index (χ1) is 12.8. The first-order valence-corrected chi connectivity index (χ1v) is 9.51. The maximum Gasteiger partial charge on any atom is 0.213 e. The molecule has 0 unspecified atom stereocenters. The molecule has 3 aromatic rings. The fraction of sp³-hybridized carbons (Fsp3) is 0.136. The fourth-order valence-electron chi connectivity index (χ4n) is 3.69. The van der Waals surface area contributed by atoms with Crippen LogP contribution in [0, 0.1) is 0 Å². The van der Waals surface area contributed by atoms with Crippen LogP contribution in [0.4, 0.5) is 0 Å². The van der Waals surface area contributed by atoms with E-state index in [1.807, 2.05) is 24.3 Å². The van der Waals surface area contributed by atoms with E-state index in [0.717, 1.165) is 33.5 Å². The van der Waals surface area contributed by atoms with E-state index in [4.69, 9.17) is 9.84 Å². The van der Waals surface area contributed by atoms with Gasteiger partial charge < -0.3 is 4.74 Å². The standard InChI is InChI=1S/C22H17BrN2O/c23-17-12-10-15(11-13-17)19-14-20-18-8-4-5-9-21(18)26-22(25(20)24-19)16-6-2-1-3-7-16/h1-13,20,22H,14H2/t20-,22-/m1/s1. The molecule has 0 aliphatic carbocycles. The third kappa shape index (κ3) is 2.61. The molecule has 3 nitrogen and oxygen atoms in total. The van der Waals surface area contributed by atoms with E-state index in [2.05, 4.69) is 75.5 Å². The number of nitrogens with zero attached hydrogens (tertiary/aromatic N) is 2. The van der Waals surface area contributed by atoms with Crippen LogP contribution < -0.4 is 4.74 Å². The highest BCUT2D eigenvalue weighted by molar-refractivity contribution is 9.10. The Morgan fingerprint density at radius 3 is 2.42 bits per heavy atom. The van der Waals surface area contributed by atoms with Crippen molar-refractivity contribution in [3.8, 4) is 5.75 Å². The highest BCUT2D eigenvalue weighted by Crippen LogP contribution is 2.47. The van der Waals surface area contributed by atoms with Gasteiger partial charge in [-0.3, -0.25) is 0 Å². The Kier molecular flexibility index (Phi) is 3.79. The highest BCUT2D eigenvalue weighted by Gasteiger charge is 2.40. The lowest BCUT2D eigenvalue weighted by Gasteiger charge is -2.38. The van der Waals surface area contributed by atoms with E-state index in [0.29, 0.717) is 0 Å². The molecule has 2 aliphatic rings. The summed E-state index contributed by atoms with van der Waals surface area (Å²) >= 11 is 3.51. The van der Waals surface area contributed by atoms with Gasteiger partial charge >= 0.3 is 0 Å². The van der Waals surface area contributed by atoms with Crippen LogP contribution in [0.2, 0.25) is 0 Å². The number of para-hydroxylation sites is 1. The number of fused-ring (bicyclic) bond motifs is 3. The summed E-state index contributed by atoms with van der Waals surface area (Å²) in [5, 5.41) is 7.10. The third-order valence-electron chi connectivity index (χ3n) is 4.96. The van der Waals surface area contributed by atoms with Crippen LogP contribution in [0.15, 0.2) is 88.4 Å². The van der Waals surface area contributed by atoms with Crippen molar-refractivity contribution in [3.63, 3.8) is 0 Å². The summed E-state index contributed by atoms with van der Waals surface area (Å²) in [6.45, 7) is 0. The molecule has 2 atom stereocenters. The Labute approximate surface area is 161 Å². The van der Waals surface area contributed by atoms with Gasteiger partial charge in [0.1, 0.15) is 5.75 Å². The lowest BCUT2D eigenvalue weighted by Crippen LogP contribution is -2.33.